The van der Waals surface area contributed by atoms with Gasteiger partial charge in [-0.2, -0.15) is 0 Å². The van der Waals surface area contributed by atoms with Crippen LogP contribution in [0.3, 0.4) is 0 Å². The molecule has 0 aliphatic heterocycles. The Morgan fingerprint density at radius 3 is 2.38 bits per heavy atom. The summed E-state index contributed by atoms with van der Waals surface area (Å²) in [7, 11) is -3.62. The van der Waals surface area contributed by atoms with Crippen LogP contribution in [0.2, 0.25) is 0 Å². The van der Waals surface area contributed by atoms with E-state index in [9.17, 15) is 13.2 Å². The Morgan fingerprint density at radius 2 is 1.73 bits per heavy atom. The normalized spacial score (nSPS) is 11.2. The predicted octanol–water partition coefficient (Wildman–Crippen LogP) is 2.84. The highest BCUT2D eigenvalue weighted by Gasteiger charge is 2.15. The van der Waals surface area contributed by atoms with Crippen molar-refractivity contribution in [3.05, 3.63) is 59.2 Å². The fraction of sp³-hybridized carbons (Fsp3) is 0.316. The van der Waals surface area contributed by atoms with Crippen LogP contribution in [0.4, 0.5) is 0 Å². The molecule has 0 spiro atoms. The molecular formula is C19H23NO5S. The number of carbonyl (C=O) groups excluding carboxylic acids is 1. The Kier molecular flexibility index (Phi) is 6.76. The SMILES string of the molecule is CCNS(=O)(=O)c1cccc(C(=O)OCCOc2cc(C)cc(C)c2)c1. The number of hydrogen-bond acceptors (Lipinski definition) is 5. The molecule has 0 heterocycles. The number of hydrogen-bond donors (Lipinski definition) is 1. The number of nitrogens with one attached hydrogen (secondary N) is 1. The number of esters is 1. The maximum Gasteiger partial charge on any atom is 0.338 e. The van der Waals surface area contributed by atoms with Crippen LogP contribution in [0.1, 0.15) is 28.4 Å². The topological polar surface area (TPSA) is 81.7 Å². The van der Waals surface area contributed by atoms with Crippen LogP contribution in [0.15, 0.2) is 47.4 Å². The van der Waals surface area contributed by atoms with Gasteiger partial charge < -0.3 is 9.47 Å². The van der Waals surface area contributed by atoms with E-state index in [0.717, 1.165) is 16.9 Å². The van der Waals surface area contributed by atoms with Gasteiger partial charge in [0, 0.05) is 6.54 Å². The maximum absolute atomic E-state index is 12.1. The van der Waals surface area contributed by atoms with Gasteiger partial charge in [0.2, 0.25) is 10.0 Å². The molecule has 0 amide bonds. The predicted molar refractivity (Wildman–Crippen MR) is 99.0 cm³/mol. The zero-order valence-corrected chi connectivity index (χ0v) is 15.9. The lowest BCUT2D eigenvalue weighted by atomic mass is 10.1. The fourth-order valence-electron chi connectivity index (χ4n) is 2.46. The van der Waals surface area contributed by atoms with Gasteiger partial charge in [-0.25, -0.2) is 17.9 Å². The second-order valence-electron chi connectivity index (χ2n) is 5.84. The molecule has 0 unspecified atom stereocenters. The minimum absolute atomic E-state index is 0.0280. The van der Waals surface area contributed by atoms with E-state index >= 15 is 0 Å². The van der Waals surface area contributed by atoms with E-state index in [0.29, 0.717) is 0 Å². The lowest BCUT2D eigenvalue weighted by Crippen LogP contribution is -2.23. The van der Waals surface area contributed by atoms with E-state index in [1.54, 1.807) is 6.92 Å². The molecule has 0 bridgehead atoms. The molecule has 0 aromatic heterocycles. The molecule has 0 aliphatic rings. The van der Waals surface area contributed by atoms with Crippen molar-refractivity contribution in [2.24, 2.45) is 0 Å². The molecule has 2 rings (SSSR count). The van der Waals surface area contributed by atoms with Gasteiger partial charge in [-0.1, -0.05) is 19.1 Å². The molecule has 2 aromatic rings. The summed E-state index contributed by atoms with van der Waals surface area (Å²) in [6, 6.07) is 11.6. The third kappa shape index (κ3) is 5.57. The van der Waals surface area contributed by atoms with Crippen LogP contribution in [-0.4, -0.2) is 34.1 Å². The molecule has 0 saturated carbocycles. The number of benzene rings is 2. The minimum atomic E-state index is -3.62. The van der Waals surface area contributed by atoms with Crippen molar-refractivity contribution in [3.63, 3.8) is 0 Å². The third-order valence-electron chi connectivity index (χ3n) is 3.49. The Morgan fingerprint density at radius 1 is 1.04 bits per heavy atom. The van der Waals surface area contributed by atoms with Crippen LogP contribution in [-0.2, 0) is 14.8 Å². The van der Waals surface area contributed by atoms with E-state index in [2.05, 4.69) is 4.72 Å². The number of sulfonamides is 1. The highest BCUT2D eigenvalue weighted by molar-refractivity contribution is 7.89. The Hall–Kier alpha value is -2.38. The van der Waals surface area contributed by atoms with E-state index in [4.69, 9.17) is 9.47 Å². The molecule has 7 heteroatoms. The second-order valence-corrected chi connectivity index (χ2v) is 7.60. The molecule has 0 fully saturated rings. The van der Waals surface area contributed by atoms with Gasteiger partial charge in [0.05, 0.1) is 10.5 Å². The number of rotatable bonds is 8. The minimum Gasteiger partial charge on any atom is -0.490 e. The highest BCUT2D eigenvalue weighted by Crippen LogP contribution is 2.16. The first-order valence-electron chi connectivity index (χ1n) is 8.30. The summed E-state index contributed by atoms with van der Waals surface area (Å²) in [5.41, 5.74) is 2.36. The zero-order valence-electron chi connectivity index (χ0n) is 15.1. The zero-order chi connectivity index (χ0) is 19.2. The molecule has 1 N–H and O–H groups in total. The first-order valence-corrected chi connectivity index (χ1v) is 9.78. The summed E-state index contributed by atoms with van der Waals surface area (Å²) in [6.07, 6.45) is 0. The van der Waals surface area contributed by atoms with Crippen molar-refractivity contribution in [1.29, 1.82) is 0 Å². The quantitative estimate of drug-likeness (QED) is 0.565. The van der Waals surface area contributed by atoms with Gasteiger partial charge in [-0.05, 0) is 55.3 Å². The second kappa shape index (κ2) is 8.82. The lowest BCUT2D eigenvalue weighted by Gasteiger charge is -2.10. The molecule has 0 saturated heterocycles. The molecule has 6 nitrogen and oxygen atoms in total. The van der Waals surface area contributed by atoms with Crippen LogP contribution in [0.25, 0.3) is 0 Å². The lowest BCUT2D eigenvalue weighted by molar-refractivity contribution is 0.0450. The van der Waals surface area contributed by atoms with Crippen LogP contribution in [0.5, 0.6) is 5.75 Å². The van der Waals surface area contributed by atoms with Crippen molar-refractivity contribution in [1.82, 2.24) is 4.72 Å². The molecular weight excluding hydrogens is 354 g/mol. The van der Waals surface area contributed by atoms with Gasteiger partial charge in [0.25, 0.3) is 0 Å². The monoisotopic (exact) mass is 377 g/mol. The third-order valence-corrected chi connectivity index (χ3v) is 5.04. The van der Waals surface area contributed by atoms with E-state index in [1.165, 1.54) is 24.3 Å². The molecule has 26 heavy (non-hydrogen) atoms. The summed E-state index contributed by atoms with van der Waals surface area (Å²) in [5.74, 6) is 0.125. The van der Waals surface area contributed by atoms with Crippen molar-refractivity contribution in [2.45, 2.75) is 25.7 Å². The van der Waals surface area contributed by atoms with Gasteiger partial charge in [0.1, 0.15) is 19.0 Å². The fourth-order valence-corrected chi connectivity index (χ4v) is 3.54. The Bertz CT molecular complexity index is 857. The van der Waals surface area contributed by atoms with Gasteiger partial charge in [0.15, 0.2) is 0 Å². The summed E-state index contributed by atoms with van der Waals surface area (Å²) >= 11 is 0. The van der Waals surface area contributed by atoms with E-state index in [-0.39, 0.29) is 30.2 Å². The molecule has 0 radical (unpaired) electrons. The molecule has 140 valence electrons. The first kappa shape index (κ1) is 19.9. The maximum atomic E-state index is 12.1. The van der Waals surface area contributed by atoms with Gasteiger partial charge >= 0.3 is 5.97 Å². The Labute approximate surface area is 154 Å². The smallest absolute Gasteiger partial charge is 0.338 e. The summed E-state index contributed by atoms with van der Waals surface area (Å²) in [5, 5.41) is 0. The number of carbonyl (C=O) groups is 1. The van der Waals surface area contributed by atoms with E-state index < -0.39 is 16.0 Å². The van der Waals surface area contributed by atoms with Crippen molar-refractivity contribution < 1.29 is 22.7 Å². The van der Waals surface area contributed by atoms with Gasteiger partial charge in [-0.15, -0.1) is 0 Å². The molecule has 0 atom stereocenters. The van der Waals surface area contributed by atoms with Crippen molar-refractivity contribution >= 4 is 16.0 Å². The van der Waals surface area contributed by atoms with Gasteiger partial charge in [-0.3, -0.25) is 0 Å². The van der Waals surface area contributed by atoms with Crippen molar-refractivity contribution in [3.8, 4) is 5.75 Å². The number of aryl methyl sites for hydroxylation is 2. The standard InChI is InChI=1S/C19H23NO5S/c1-4-20-26(22,23)18-7-5-6-16(13-18)19(21)25-9-8-24-17-11-14(2)10-15(3)12-17/h5-7,10-13,20H,4,8-9H2,1-3H3. The largest absolute Gasteiger partial charge is 0.490 e. The van der Waals surface area contributed by atoms with Crippen LogP contribution >= 0.6 is 0 Å². The van der Waals surface area contributed by atoms with E-state index in [1.807, 2.05) is 32.0 Å². The van der Waals surface area contributed by atoms with Crippen LogP contribution < -0.4 is 9.46 Å². The van der Waals surface area contributed by atoms with Crippen LogP contribution in [0, 0.1) is 13.8 Å². The average Bonchev–Trinajstić information content (AvgIpc) is 2.58. The van der Waals surface area contributed by atoms with Crippen molar-refractivity contribution in [2.75, 3.05) is 19.8 Å². The highest BCUT2D eigenvalue weighted by atomic mass is 32.2. The summed E-state index contributed by atoms with van der Waals surface area (Å²) < 4.78 is 37.1. The summed E-state index contributed by atoms with van der Waals surface area (Å²) in [4.78, 5) is 12.1. The first-order chi connectivity index (χ1) is 12.3. The summed E-state index contributed by atoms with van der Waals surface area (Å²) in [6.45, 7) is 6.20. The molecule has 0 aliphatic carbocycles. The average molecular weight is 377 g/mol. The Balaban J connectivity index is 1.92. The molecule has 2 aromatic carbocycles. The number of ether oxygens (including phenoxy) is 2.